The summed E-state index contributed by atoms with van der Waals surface area (Å²) >= 11 is 0. The van der Waals surface area contributed by atoms with Crippen molar-refractivity contribution in [1.82, 2.24) is 4.90 Å². The molecule has 2 nitrogen and oxygen atoms in total. The van der Waals surface area contributed by atoms with Crippen LogP contribution < -0.4 is 0 Å². The number of aliphatic hydroxyl groups is 1. The van der Waals surface area contributed by atoms with Gasteiger partial charge in [-0.25, -0.2) is 0 Å². The van der Waals surface area contributed by atoms with E-state index in [1.165, 1.54) is 25.7 Å². The van der Waals surface area contributed by atoms with Gasteiger partial charge in [-0.15, -0.1) is 0 Å². The van der Waals surface area contributed by atoms with Gasteiger partial charge in [-0.2, -0.15) is 0 Å². The van der Waals surface area contributed by atoms with Crippen molar-refractivity contribution >= 4 is 0 Å². The number of hydrogen-bond acceptors (Lipinski definition) is 2. The molecule has 0 aromatic carbocycles. The van der Waals surface area contributed by atoms with E-state index in [0.717, 1.165) is 6.54 Å². The zero-order chi connectivity index (χ0) is 9.40. The third kappa shape index (κ3) is 4.73. The molecule has 74 valence electrons. The Hall–Kier alpha value is -0.0800. The Kier molecular flexibility index (Phi) is 7.51. The van der Waals surface area contributed by atoms with Crippen LogP contribution in [-0.4, -0.2) is 36.2 Å². The number of likely N-dealkylation sites (N-methyl/N-ethyl adjacent to an activating group) is 1. The van der Waals surface area contributed by atoms with Crippen molar-refractivity contribution in [3.63, 3.8) is 0 Å². The first-order chi connectivity index (χ1) is 5.76. The highest BCUT2D eigenvalue weighted by molar-refractivity contribution is 4.67. The lowest BCUT2D eigenvalue weighted by Gasteiger charge is -2.26. The summed E-state index contributed by atoms with van der Waals surface area (Å²) in [5.41, 5.74) is 0. The fraction of sp³-hybridized carbons (Fsp3) is 1.00. The molecule has 0 bridgehead atoms. The lowest BCUT2D eigenvalue weighted by molar-refractivity contribution is 0.166. The summed E-state index contributed by atoms with van der Waals surface area (Å²) in [5, 5.41) is 8.78. The lowest BCUT2D eigenvalue weighted by atomic mass is 10.1. The molecular weight excluding hydrogens is 150 g/mol. The van der Waals surface area contributed by atoms with Gasteiger partial charge in [-0.05, 0) is 19.9 Å². The maximum Gasteiger partial charge on any atom is 0.0558 e. The minimum Gasteiger partial charge on any atom is -0.395 e. The van der Waals surface area contributed by atoms with Gasteiger partial charge in [-0.1, -0.05) is 26.7 Å². The molecule has 0 saturated carbocycles. The van der Waals surface area contributed by atoms with E-state index in [1.54, 1.807) is 0 Å². The zero-order valence-corrected chi connectivity index (χ0v) is 8.71. The molecule has 0 radical (unpaired) electrons. The van der Waals surface area contributed by atoms with Gasteiger partial charge in [-0.3, -0.25) is 0 Å². The Morgan fingerprint density at radius 1 is 1.17 bits per heavy atom. The van der Waals surface area contributed by atoms with Crippen LogP contribution in [0.3, 0.4) is 0 Å². The molecule has 2 heteroatoms. The number of hydrogen-bond donors (Lipinski definition) is 1. The largest absolute Gasteiger partial charge is 0.395 e. The van der Waals surface area contributed by atoms with Crippen LogP contribution in [-0.2, 0) is 0 Å². The molecule has 0 rings (SSSR count). The average molecular weight is 173 g/mol. The Labute approximate surface area is 76.6 Å². The van der Waals surface area contributed by atoms with Crippen LogP contribution >= 0.6 is 0 Å². The summed E-state index contributed by atoms with van der Waals surface area (Å²) in [6.45, 7) is 5.52. The minimum atomic E-state index is 0.278. The molecule has 1 N–H and O–H groups in total. The Morgan fingerprint density at radius 2 is 1.67 bits per heavy atom. The van der Waals surface area contributed by atoms with Crippen LogP contribution in [0.15, 0.2) is 0 Å². The fourth-order valence-corrected chi connectivity index (χ4v) is 1.59. The summed E-state index contributed by atoms with van der Waals surface area (Å²) < 4.78 is 0. The average Bonchev–Trinajstić information content (AvgIpc) is 2.04. The highest BCUT2D eigenvalue weighted by Gasteiger charge is 2.11. The molecule has 0 aliphatic heterocycles. The molecule has 0 unspecified atom stereocenters. The highest BCUT2D eigenvalue weighted by Crippen LogP contribution is 2.10. The number of nitrogens with zero attached hydrogens (tertiary/aromatic N) is 1. The van der Waals surface area contributed by atoms with Crippen molar-refractivity contribution in [2.75, 3.05) is 20.2 Å². The third-order valence-corrected chi connectivity index (χ3v) is 2.32. The molecule has 0 heterocycles. The molecule has 12 heavy (non-hydrogen) atoms. The van der Waals surface area contributed by atoms with Crippen molar-refractivity contribution < 1.29 is 5.11 Å². The van der Waals surface area contributed by atoms with Gasteiger partial charge >= 0.3 is 0 Å². The van der Waals surface area contributed by atoms with E-state index in [2.05, 4.69) is 25.8 Å². The molecule has 0 spiro atoms. The van der Waals surface area contributed by atoms with Crippen LogP contribution in [0.25, 0.3) is 0 Å². The van der Waals surface area contributed by atoms with Gasteiger partial charge in [0.15, 0.2) is 0 Å². The standard InChI is InChI=1S/C10H23NO/c1-4-6-10(7-5-2)11(3)8-9-12/h10,12H,4-9H2,1-3H3. The Bertz CT molecular complexity index is 89.8. The normalized spacial score (nSPS) is 11.5. The molecule has 0 aliphatic carbocycles. The predicted octanol–water partition coefficient (Wildman–Crippen LogP) is 1.88. The topological polar surface area (TPSA) is 23.5 Å². The highest BCUT2D eigenvalue weighted by atomic mass is 16.3. The quantitative estimate of drug-likeness (QED) is 0.635. The lowest BCUT2D eigenvalue weighted by Crippen LogP contribution is -2.33. The fourth-order valence-electron chi connectivity index (χ4n) is 1.59. The third-order valence-electron chi connectivity index (χ3n) is 2.32. The second kappa shape index (κ2) is 7.56. The van der Waals surface area contributed by atoms with Gasteiger partial charge in [0.1, 0.15) is 0 Å². The Morgan fingerprint density at radius 3 is 2.00 bits per heavy atom. The number of rotatable bonds is 7. The second-order valence-electron chi connectivity index (χ2n) is 3.44. The minimum absolute atomic E-state index is 0.278. The molecule has 0 atom stereocenters. The van der Waals surface area contributed by atoms with E-state index >= 15 is 0 Å². The summed E-state index contributed by atoms with van der Waals surface area (Å²) in [4.78, 5) is 2.27. The smallest absolute Gasteiger partial charge is 0.0558 e. The SMILES string of the molecule is CCCC(CCC)N(C)CCO. The van der Waals surface area contributed by atoms with Gasteiger partial charge in [0, 0.05) is 12.6 Å². The van der Waals surface area contributed by atoms with Gasteiger partial charge in [0.05, 0.1) is 6.61 Å². The first kappa shape index (κ1) is 11.9. The van der Waals surface area contributed by atoms with E-state index in [9.17, 15) is 0 Å². The maximum absolute atomic E-state index is 8.78. The van der Waals surface area contributed by atoms with Gasteiger partial charge in [0.2, 0.25) is 0 Å². The van der Waals surface area contributed by atoms with E-state index in [4.69, 9.17) is 5.11 Å². The van der Waals surface area contributed by atoms with Crippen molar-refractivity contribution in [1.29, 1.82) is 0 Å². The first-order valence-corrected chi connectivity index (χ1v) is 5.07. The molecule has 0 saturated heterocycles. The molecule has 0 aliphatic rings. The molecule has 0 aromatic rings. The zero-order valence-electron chi connectivity index (χ0n) is 8.71. The predicted molar refractivity (Wildman–Crippen MR) is 53.3 cm³/mol. The van der Waals surface area contributed by atoms with Gasteiger partial charge in [0.25, 0.3) is 0 Å². The van der Waals surface area contributed by atoms with Crippen LogP contribution in [0.4, 0.5) is 0 Å². The summed E-state index contributed by atoms with van der Waals surface area (Å²) in [5.74, 6) is 0. The second-order valence-corrected chi connectivity index (χ2v) is 3.44. The van der Waals surface area contributed by atoms with Crippen molar-refractivity contribution in [3.8, 4) is 0 Å². The van der Waals surface area contributed by atoms with Crippen LogP contribution in [0, 0.1) is 0 Å². The van der Waals surface area contributed by atoms with Gasteiger partial charge < -0.3 is 10.0 Å². The van der Waals surface area contributed by atoms with E-state index in [1.807, 2.05) is 0 Å². The summed E-state index contributed by atoms with van der Waals surface area (Å²) in [6.07, 6.45) is 4.98. The van der Waals surface area contributed by atoms with Crippen LogP contribution in [0.2, 0.25) is 0 Å². The molecular formula is C10H23NO. The molecule has 0 fully saturated rings. The van der Waals surface area contributed by atoms with E-state index < -0.39 is 0 Å². The first-order valence-electron chi connectivity index (χ1n) is 5.07. The van der Waals surface area contributed by atoms with Crippen molar-refractivity contribution in [2.45, 2.75) is 45.6 Å². The van der Waals surface area contributed by atoms with E-state index in [0.29, 0.717) is 6.04 Å². The molecule has 0 aromatic heterocycles. The monoisotopic (exact) mass is 173 g/mol. The van der Waals surface area contributed by atoms with Crippen LogP contribution in [0.1, 0.15) is 39.5 Å². The van der Waals surface area contributed by atoms with Crippen molar-refractivity contribution in [2.24, 2.45) is 0 Å². The van der Waals surface area contributed by atoms with Crippen LogP contribution in [0.5, 0.6) is 0 Å². The van der Waals surface area contributed by atoms with E-state index in [-0.39, 0.29) is 6.61 Å². The summed E-state index contributed by atoms with van der Waals surface area (Å²) in [7, 11) is 2.10. The maximum atomic E-state index is 8.78. The summed E-state index contributed by atoms with van der Waals surface area (Å²) in [6, 6.07) is 0.673. The molecule has 0 amide bonds. The van der Waals surface area contributed by atoms with Crippen molar-refractivity contribution in [3.05, 3.63) is 0 Å². The Balaban J connectivity index is 3.72. The number of aliphatic hydroxyl groups excluding tert-OH is 1.